The highest BCUT2D eigenvalue weighted by Crippen LogP contribution is 2.38. The van der Waals surface area contributed by atoms with Gasteiger partial charge in [0.25, 0.3) is 0 Å². The smallest absolute Gasteiger partial charge is 0.387 e. The zero-order valence-corrected chi connectivity index (χ0v) is 8.47. The standard InChI is InChI=1S/C10H10F3NO2/c1-14-6-4-15-9-5(6)2-3-7(8(9)11)16-10(12)13/h2-3,6,10,14H,4H2,1H3/t6-/m0/s1. The Morgan fingerprint density at radius 1 is 1.50 bits per heavy atom. The normalized spacial score (nSPS) is 18.4. The Bertz CT molecular complexity index is 398. The van der Waals surface area contributed by atoms with E-state index < -0.39 is 18.2 Å². The molecule has 0 aliphatic carbocycles. The largest absolute Gasteiger partial charge is 0.488 e. The van der Waals surface area contributed by atoms with Gasteiger partial charge in [0.15, 0.2) is 11.5 Å². The molecule has 2 rings (SSSR count). The van der Waals surface area contributed by atoms with Gasteiger partial charge in [-0.1, -0.05) is 0 Å². The van der Waals surface area contributed by atoms with Crippen LogP contribution in [0, 0.1) is 5.82 Å². The lowest BCUT2D eigenvalue weighted by atomic mass is 10.1. The van der Waals surface area contributed by atoms with Gasteiger partial charge in [-0.25, -0.2) is 0 Å². The fourth-order valence-corrected chi connectivity index (χ4v) is 1.66. The molecule has 0 fully saturated rings. The molecule has 1 N–H and O–H groups in total. The first kappa shape index (κ1) is 11.1. The van der Waals surface area contributed by atoms with Crippen molar-refractivity contribution >= 4 is 0 Å². The maximum absolute atomic E-state index is 13.6. The number of alkyl halides is 2. The first-order chi connectivity index (χ1) is 7.63. The van der Waals surface area contributed by atoms with Crippen molar-refractivity contribution in [3.63, 3.8) is 0 Å². The molecule has 1 aromatic carbocycles. The van der Waals surface area contributed by atoms with Crippen molar-refractivity contribution in [1.82, 2.24) is 5.32 Å². The Morgan fingerprint density at radius 3 is 2.88 bits per heavy atom. The third-order valence-corrected chi connectivity index (χ3v) is 2.43. The molecule has 0 aromatic heterocycles. The number of halogens is 3. The Balaban J connectivity index is 2.34. The molecular formula is C10H10F3NO2. The Labute approximate surface area is 90.2 Å². The van der Waals surface area contributed by atoms with Gasteiger partial charge in [0.2, 0.25) is 5.82 Å². The van der Waals surface area contributed by atoms with Gasteiger partial charge in [0, 0.05) is 5.56 Å². The van der Waals surface area contributed by atoms with E-state index in [0.717, 1.165) is 0 Å². The molecule has 1 aliphatic heterocycles. The highest BCUT2D eigenvalue weighted by atomic mass is 19.3. The fourth-order valence-electron chi connectivity index (χ4n) is 1.66. The second-order valence-corrected chi connectivity index (χ2v) is 3.33. The average Bonchev–Trinajstić information content (AvgIpc) is 2.65. The predicted molar refractivity (Wildman–Crippen MR) is 50.3 cm³/mol. The summed E-state index contributed by atoms with van der Waals surface area (Å²) in [5.41, 5.74) is 0.613. The van der Waals surface area contributed by atoms with Gasteiger partial charge < -0.3 is 14.8 Å². The Hall–Kier alpha value is -1.43. The van der Waals surface area contributed by atoms with Crippen molar-refractivity contribution in [2.45, 2.75) is 12.7 Å². The molecule has 1 atom stereocenters. The molecule has 0 spiro atoms. The average molecular weight is 233 g/mol. The molecule has 6 heteroatoms. The first-order valence-corrected chi connectivity index (χ1v) is 4.70. The van der Waals surface area contributed by atoms with E-state index in [9.17, 15) is 13.2 Å². The molecule has 16 heavy (non-hydrogen) atoms. The molecule has 3 nitrogen and oxygen atoms in total. The van der Waals surface area contributed by atoms with Crippen LogP contribution in [-0.2, 0) is 0 Å². The topological polar surface area (TPSA) is 30.5 Å². The Morgan fingerprint density at radius 2 is 2.25 bits per heavy atom. The summed E-state index contributed by atoms with van der Waals surface area (Å²) < 4.78 is 46.7. The minimum atomic E-state index is -3.05. The minimum Gasteiger partial charge on any atom is -0.488 e. The van der Waals surface area contributed by atoms with Crippen LogP contribution in [0.4, 0.5) is 13.2 Å². The number of benzene rings is 1. The first-order valence-electron chi connectivity index (χ1n) is 4.70. The quantitative estimate of drug-likeness (QED) is 0.867. The highest BCUT2D eigenvalue weighted by molar-refractivity contribution is 5.46. The maximum Gasteiger partial charge on any atom is 0.387 e. The van der Waals surface area contributed by atoms with Gasteiger partial charge in [0.1, 0.15) is 6.61 Å². The SMILES string of the molecule is CN[C@H]1COc2c1ccc(OC(F)F)c2F. The number of rotatable bonds is 3. The van der Waals surface area contributed by atoms with Crippen LogP contribution in [0.25, 0.3) is 0 Å². The highest BCUT2D eigenvalue weighted by Gasteiger charge is 2.28. The summed E-state index contributed by atoms with van der Waals surface area (Å²) in [7, 11) is 1.71. The van der Waals surface area contributed by atoms with Crippen LogP contribution in [-0.4, -0.2) is 20.3 Å². The zero-order valence-electron chi connectivity index (χ0n) is 8.47. The van der Waals surface area contributed by atoms with Gasteiger partial charge in [-0.15, -0.1) is 0 Å². The van der Waals surface area contributed by atoms with Gasteiger partial charge in [-0.2, -0.15) is 13.2 Å². The molecule has 0 saturated heterocycles. The third kappa shape index (κ3) is 1.80. The van der Waals surface area contributed by atoms with Gasteiger partial charge in [-0.05, 0) is 19.2 Å². The molecule has 88 valence electrons. The van der Waals surface area contributed by atoms with Crippen molar-refractivity contribution in [3.05, 3.63) is 23.5 Å². The van der Waals surface area contributed by atoms with E-state index in [0.29, 0.717) is 5.56 Å². The van der Waals surface area contributed by atoms with Crippen molar-refractivity contribution in [1.29, 1.82) is 0 Å². The molecular weight excluding hydrogens is 223 g/mol. The summed E-state index contributed by atoms with van der Waals surface area (Å²) in [6.45, 7) is -2.77. The van der Waals surface area contributed by atoms with Crippen molar-refractivity contribution in [3.8, 4) is 11.5 Å². The number of nitrogens with one attached hydrogen (secondary N) is 1. The van der Waals surface area contributed by atoms with Crippen molar-refractivity contribution in [2.75, 3.05) is 13.7 Å². The number of ether oxygens (including phenoxy) is 2. The number of likely N-dealkylation sites (N-methyl/N-ethyl adjacent to an activating group) is 1. The van der Waals surface area contributed by atoms with Crippen LogP contribution < -0.4 is 14.8 Å². The molecule has 1 heterocycles. The summed E-state index contributed by atoms with van der Waals surface area (Å²) in [5, 5.41) is 2.93. The number of fused-ring (bicyclic) bond motifs is 1. The maximum atomic E-state index is 13.6. The van der Waals surface area contributed by atoms with Gasteiger partial charge in [-0.3, -0.25) is 0 Å². The number of hydrogen-bond acceptors (Lipinski definition) is 3. The van der Waals surface area contributed by atoms with E-state index in [1.165, 1.54) is 12.1 Å². The summed E-state index contributed by atoms with van der Waals surface area (Å²) in [6, 6.07) is 2.58. The van der Waals surface area contributed by atoms with E-state index in [1.807, 2.05) is 0 Å². The number of hydrogen-bond donors (Lipinski definition) is 1. The van der Waals surface area contributed by atoms with E-state index in [4.69, 9.17) is 4.74 Å². The van der Waals surface area contributed by atoms with Crippen LogP contribution in [0.3, 0.4) is 0 Å². The zero-order chi connectivity index (χ0) is 11.7. The second-order valence-electron chi connectivity index (χ2n) is 3.33. The van der Waals surface area contributed by atoms with E-state index in [2.05, 4.69) is 10.1 Å². The summed E-state index contributed by atoms with van der Waals surface area (Å²) in [6.07, 6.45) is 0. The monoisotopic (exact) mass is 233 g/mol. The molecule has 1 aliphatic rings. The summed E-state index contributed by atoms with van der Waals surface area (Å²) in [5.74, 6) is -1.39. The van der Waals surface area contributed by atoms with Gasteiger partial charge >= 0.3 is 6.61 Å². The second kappa shape index (κ2) is 4.21. The summed E-state index contributed by atoms with van der Waals surface area (Å²) in [4.78, 5) is 0. The van der Waals surface area contributed by atoms with Crippen LogP contribution in [0.15, 0.2) is 12.1 Å². The molecule has 0 bridgehead atoms. The van der Waals surface area contributed by atoms with E-state index in [1.54, 1.807) is 7.05 Å². The molecule has 0 amide bonds. The fraction of sp³-hybridized carbons (Fsp3) is 0.400. The van der Waals surface area contributed by atoms with Crippen LogP contribution >= 0.6 is 0 Å². The van der Waals surface area contributed by atoms with Gasteiger partial charge in [0.05, 0.1) is 6.04 Å². The van der Waals surface area contributed by atoms with E-state index in [-0.39, 0.29) is 18.4 Å². The van der Waals surface area contributed by atoms with Crippen LogP contribution in [0.1, 0.15) is 11.6 Å². The van der Waals surface area contributed by atoms with Crippen LogP contribution in [0.5, 0.6) is 11.5 Å². The van der Waals surface area contributed by atoms with Crippen LogP contribution in [0.2, 0.25) is 0 Å². The Kier molecular flexibility index (Phi) is 2.91. The van der Waals surface area contributed by atoms with Crippen molar-refractivity contribution < 1.29 is 22.6 Å². The third-order valence-electron chi connectivity index (χ3n) is 2.43. The van der Waals surface area contributed by atoms with E-state index >= 15 is 0 Å². The summed E-state index contributed by atoms with van der Waals surface area (Å²) >= 11 is 0. The molecule has 0 unspecified atom stereocenters. The molecule has 0 radical (unpaired) electrons. The predicted octanol–water partition coefficient (Wildman–Crippen LogP) is 2.08. The lowest BCUT2D eigenvalue weighted by Crippen LogP contribution is -2.17. The lowest BCUT2D eigenvalue weighted by Gasteiger charge is -2.09. The molecule has 0 saturated carbocycles. The molecule has 1 aromatic rings. The van der Waals surface area contributed by atoms with Crippen molar-refractivity contribution in [2.24, 2.45) is 0 Å². The minimum absolute atomic E-state index is 0.0162. The lowest BCUT2D eigenvalue weighted by molar-refractivity contribution is -0.0523.